The van der Waals surface area contributed by atoms with Crippen molar-refractivity contribution in [3.63, 3.8) is 0 Å². The summed E-state index contributed by atoms with van der Waals surface area (Å²) in [6.45, 7) is 3.77. The van der Waals surface area contributed by atoms with Crippen molar-refractivity contribution in [1.29, 1.82) is 0 Å². The molecule has 3 atom stereocenters. The minimum atomic E-state index is -0.348. The van der Waals surface area contributed by atoms with Crippen LogP contribution in [0.1, 0.15) is 43.2 Å². The van der Waals surface area contributed by atoms with Crippen molar-refractivity contribution in [2.24, 2.45) is 17.8 Å². The first kappa shape index (κ1) is 16.8. The largest absolute Gasteiger partial charge is 0.483 e. The van der Waals surface area contributed by atoms with Gasteiger partial charge in [0.25, 0.3) is 5.91 Å². The monoisotopic (exact) mass is 330 g/mol. The smallest absolute Gasteiger partial charge is 0.276 e. The normalized spacial score (nSPS) is 24.7. The number of aryl methyl sites for hydroxylation is 2. The Morgan fingerprint density at radius 3 is 2.42 bits per heavy atom. The van der Waals surface area contributed by atoms with E-state index in [1.165, 1.54) is 25.7 Å². The molecule has 0 aliphatic heterocycles. The standard InChI is InChI=1S/C19H26N2O3/c1-12-4-3-5-13(2)19(12)24-11-18(23)21-20-17(22)10-16-9-14-6-7-15(16)8-14/h3-5,14-16H,6-11H2,1-2H3,(H,20,22)(H,21,23)/t14-,15-,16-/m1/s1. The fourth-order valence-corrected chi connectivity index (χ4v) is 4.26. The molecule has 0 unspecified atom stereocenters. The molecule has 2 bridgehead atoms. The second-order valence-corrected chi connectivity index (χ2v) is 7.25. The van der Waals surface area contributed by atoms with E-state index in [4.69, 9.17) is 4.74 Å². The van der Waals surface area contributed by atoms with Crippen LogP contribution in [0.15, 0.2) is 18.2 Å². The quantitative estimate of drug-likeness (QED) is 0.816. The predicted octanol–water partition coefficient (Wildman–Crippen LogP) is 2.66. The van der Waals surface area contributed by atoms with Crippen LogP contribution in [0.25, 0.3) is 0 Å². The van der Waals surface area contributed by atoms with E-state index in [0.717, 1.165) is 22.8 Å². The van der Waals surface area contributed by atoms with Crippen LogP contribution in [0, 0.1) is 31.6 Å². The van der Waals surface area contributed by atoms with Gasteiger partial charge in [-0.1, -0.05) is 24.6 Å². The zero-order valence-corrected chi connectivity index (χ0v) is 14.4. The summed E-state index contributed by atoms with van der Waals surface area (Å²) in [6.07, 6.45) is 5.56. The third-order valence-electron chi connectivity index (χ3n) is 5.43. The van der Waals surface area contributed by atoms with Gasteiger partial charge >= 0.3 is 0 Å². The summed E-state index contributed by atoms with van der Waals surface area (Å²) in [4.78, 5) is 23.9. The number of nitrogens with one attached hydrogen (secondary N) is 2. The molecule has 5 heteroatoms. The first-order valence-corrected chi connectivity index (χ1v) is 8.79. The molecule has 2 saturated carbocycles. The van der Waals surface area contributed by atoms with Crippen molar-refractivity contribution in [2.45, 2.75) is 46.0 Å². The van der Waals surface area contributed by atoms with Crippen LogP contribution < -0.4 is 15.6 Å². The highest BCUT2D eigenvalue weighted by atomic mass is 16.5. The van der Waals surface area contributed by atoms with Crippen molar-refractivity contribution >= 4 is 11.8 Å². The Morgan fingerprint density at radius 1 is 1.08 bits per heavy atom. The minimum absolute atomic E-state index is 0.104. The third-order valence-corrected chi connectivity index (χ3v) is 5.43. The van der Waals surface area contributed by atoms with Crippen LogP contribution in [0.5, 0.6) is 5.75 Å². The van der Waals surface area contributed by atoms with Gasteiger partial charge < -0.3 is 4.74 Å². The van der Waals surface area contributed by atoms with Crippen LogP contribution in [-0.2, 0) is 9.59 Å². The van der Waals surface area contributed by atoms with Crippen molar-refractivity contribution in [3.8, 4) is 5.75 Å². The molecule has 0 radical (unpaired) electrons. The van der Waals surface area contributed by atoms with Gasteiger partial charge in [0.1, 0.15) is 5.75 Å². The Labute approximate surface area is 143 Å². The van der Waals surface area contributed by atoms with E-state index < -0.39 is 0 Å². The van der Waals surface area contributed by atoms with E-state index in [1.54, 1.807) is 0 Å². The number of para-hydroxylation sites is 1. The number of carbonyl (C=O) groups excluding carboxylic acids is 2. The molecule has 0 saturated heterocycles. The Bertz CT molecular complexity index is 609. The van der Waals surface area contributed by atoms with E-state index in [0.29, 0.717) is 18.3 Å². The lowest BCUT2D eigenvalue weighted by atomic mass is 9.86. The lowest BCUT2D eigenvalue weighted by molar-refractivity contribution is -0.130. The predicted molar refractivity (Wildman–Crippen MR) is 91.3 cm³/mol. The Morgan fingerprint density at radius 2 is 1.79 bits per heavy atom. The lowest BCUT2D eigenvalue weighted by Gasteiger charge is -2.21. The fourth-order valence-electron chi connectivity index (χ4n) is 4.26. The van der Waals surface area contributed by atoms with Crippen molar-refractivity contribution in [2.75, 3.05) is 6.61 Å². The first-order chi connectivity index (χ1) is 11.5. The molecule has 24 heavy (non-hydrogen) atoms. The second-order valence-electron chi connectivity index (χ2n) is 7.25. The number of amides is 2. The van der Waals surface area contributed by atoms with Gasteiger partial charge in [-0.05, 0) is 62.0 Å². The number of benzene rings is 1. The SMILES string of the molecule is Cc1cccc(C)c1OCC(=O)NNC(=O)C[C@H]1C[C@@H]2CC[C@@H]1C2. The van der Waals surface area contributed by atoms with E-state index in [-0.39, 0.29) is 18.4 Å². The first-order valence-electron chi connectivity index (χ1n) is 8.79. The summed E-state index contributed by atoms with van der Waals surface area (Å²) in [5.74, 6) is 2.30. The minimum Gasteiger partial charge on any atom is -0.483 e. The number of ether oxygens (including phenoxy) is 1. The van der Waals surface area contributed by atoms with Gasteiger partial charge in [-0.3, -0.25) is 20.4 Å². The fraction of sp³-hybridized carbons (Fsp3) is 0.579. The average Bonchev–Trinajstić information content (AvgIpc) is 3.15. The zero-order chi connectivity index (χ0) is 17.1. The zero-order valence-electron chi connectivity index (χ0n) is 14.4. The summed E-state index contributed by atoms with van der Waals surface area (Å²) in [7, 11) is 0. The number of hydrogen-bond donors (Lipinski definition) is 2. The molecule has 2 aliphatic rings. The van der Waals surface area contributed by atoms with Crippen LogP contribution in [0.3, 0.4) is 0 Å². The van der Waals surface area contributed by atoms with Gasteiger partial charge in [-0.2, -0.15) is 0 Å². The summed E-state index contributed by atoms with van der Waals surface area (Å²) < 4.78 is 5.57. The molecule has 1 aromatic carbocycles. The van der Waals surface area contributed by atoms with Gasteiger partial charge in [-0.25, -0.2) is 0 Å². The maximum Gasteiger partial charge on any atom is 0.276 e. The Balaban J connectivity index is 1.38. The molecule has 1 aromatic rings. The van der Waals surface area contributed by atoms with E-state index >= 15 is 0 Å². The molecule has 5 nitrogen and oxygen atoms in total. The molecule has 3 rings (SSSR count). The summed E-state index contributed by atoms with van der Waals surface area (Å²) in [5, 5.41) is 0. The Kier molecular flexibility index (Phi) is 5.07. The van der Waals surface area contributed by atoms with Gasteiger partial charge in [0.05, 0.1) is 0 Å². The summed E-state index contributed by atoms with van der Waals surface area (Å²) >= 11 is 0. The number of hydrazine groups is 1. The molecule has 0 spiro atoms. The van der Waals surface area contributed by atoms with Gasteiger partial charge in [0.2, 0.25) is 5.91 Å². The lowest BCUT2D eigenvalue weighted by Crippen LogP contribution is -2.44. The molecule has 2 aliphatic carbocycles. The maximum absolute atomic E-state index is 12.0. The van der Waals surface area contributed by atoms with Crippen molar-refractivity contribution in [3.05, 3.63) is 29.3 Å². The highest BCUT2D eigenvalue weighted by molar-refractivity contribution is 5.82. The number of rotatable bonds is 5. The topological polar surface area (TPSA) is 67.4 Å². The van der Waals surface area contributed by atoms with E-state index in [9.17, 15) is 9.59 Å². The summed E-state index contributed by atoms with van der Waals surface area (Å²) in [6, 6.07) is 5.84. The molecular weight excluding hydrogens is 304 g/mol. The summed E-state index contributed by atoms with van der Waals surface area (Å²) in [5.41, 5.74) is 6.94. The number of carbonyl (C=O) groups is 2. The molecule has 0 aromatic heterocycles. The van der Waals surface area contributed by atoms with Gasteiger partial charge in [-0.15, -0.1) is 0 Å². The number of hydrogen-bond acceptors (Lipinski definition) is 3. The molecule has 2 amide bonds. The van der Waals surface area contributed by atoms with Crippen LogP contribution in [0.2, 0.25) is 0 Å². The van der Waals surface area contributed by atoms with Crippen LogP contribution in [-0.4, -0.2) is 18.4 Å². The highest BCUT2D eigenvalue weighted by Gasteiger charge is 2.40. The van der Waals surface area contributed by atoms with Crippen molar-refractivity contribution < 1.29 is 14.3 Å². The van der Waals surface area contributed by atoms with Crippen LogP contribution in [0.4, 0.5) is 0 Å². The van der Waals surface area contributed by atoms with E-state index in [2.05, 4.69) is 10.9 Å². The Hall–Kier alpha value is -2.04. The highest BCUT2D eigenvalue weighted by Crippen LogP contribution is 2.49. The van der Waals surface area contributed by atoms with Crippen LogP contribution >= 0.6 is 0 Å². The molecule has 2 N–H and O–H groups in total. The number of fused-ring (bicyclic) bond motifs is 2. The molecule has 130 valence electrons. The van der Waals surface area contributed by atoms with Crippen molar-refractivity contribution in [1.82, 2.24) is 10.9 Å². The maximum atomic E-state index is 12.0. The second kappa shape index (κ2) is 7.24. The van der Waals surface area contributed by atoms with E-state index in [1.807, 2.05) is 32.0 Å². The molecule has 0 heterocycles. The average molecular weight is 330 g/mol. The van der Waals surface area contributed by atoms with Gasteiger partial charge in [0, 0.05) is 6.42 Å². The third kappa shape index (κ3) is 3.89. The molecule has 2 fully saturated rings. The van der Waals surface area contributed by atoms with Gasteiger partial charge in [0.15, 0.2) is 6.61 Å². The molecular formula is C19H26N2O3.